The van der Waals surface area contributed by atoms with Crippen LogP contribution in [0.1, 0.15) is 39.0 Å². The summed E-state index contributed by atoms with van der Waals surface area (Å²) in [6.45, 7) is 3.51. The van der Waals surface area contributed by atoms with Crippen LogP contribution < -0.4 is 10.6 Å². The minimum Gasteiger partial charge on any atom is -0.356 e. The van der Waals surface area contributed by atoms with Gasteiger partial charge in [0.25, 0.3) is 0 Å². The maximum atomic E-state index is 11.3. The first kappa shape index (κ1) is 12.8. The summed E-state index contributed by atoms with van der Waals surface area (Å²) < 4.78 is 0. The lowest BCUT2D eigenvalue weighted by molar-refractivity contribution is -0.120. The fourth-order valence-corrected chi connectivity index (χ4v) is 3.25. The molecule has 2 atom stereocenters. The van der Waals surface area contributed by atoms with Gasteiger partial charge in [0.1, 0.15) is 0 Å². The summed E-state index contributed by atoms with van der Waals surface area (Å²) in [5, 5.41) is 6.38. The Hall–Kier alpha value is -0.610. The van der Waals surface area contributed by atoms with Crippen molar-refractivity contribution < 1.29 is 4.79 Å². The normalized spacial score (nSPS) is 32.7. The highest BCUT2D eigenvalue weighted by atomic mass is 16.1. The lowest BCUT2D eigenvalue weighted by atomic mass is 9.98. The average Bonchev–Trinajstić information content (AvgIpc) is 2.53. The van der Waals surface area contributed by atoms with Gasteiger partial charge in [-0.15, -0.1) is 0 Å². The molecule has 2 fully saturated rings. The zero-order valence-electron chi connectivity index (χ0n) is 11.0. The molecule has 0 aromatic carbocycles. The molecule has 0 radical (unpaired) electrons. The smallest absolute Gasteiger partial charge is 0.221 e. The van der Waals surface area contributed by atoms with Crippen LogP contribution in [-0.2, 0) is 4.79 Å². The summed E-state index contributed by atoms with van der Waals surface area (Å²) >= 11 is 0. The Morgan fingerprint density at radius 1 is 1.29 bits per heavy atom. The highest BCUT2D eigenvalue weighted by molar-refractivity contribution is 5.75. The van der Waals surface area contributed by atoms with E-state index in [0.717, 1.165) is 25.2 Å². The summed E-state index contributed by atoms with van der Waals surface area (Å²) in [4.78, 5) is 13.9. The molecule has 2 heterocycles. The third kappa shape index (κ3) is 3.19. The van der Waals surface area contributed by atoms with Gasteiger partial charge in [-0.3, -0.25) is 4.79 Å². The molecule has 1 amide bonds. The molecule has 0 aromatic heterocycles. The molecule has 98 valence electrons. The third-order valence-corrected chi connectivity index (χ3v) is 4.26. The zero-order valence-corrected chi connectivity index (χ0v) is 11.0. The Kier molecular flexibility index (Phi) is 4.40. The van der Waals surface area contributed by atoms with Crippen molar-refractivity contribution in [1.29, 1.82) is 0 Å². The monoisotopic (exact) mass is 239 g/mol. The number of carbonyl (C=O) groups excluding carboxylic acids is 1. The number of hydrogen-bond donors (Lipinski definition) is 2. The summed E-state index contributed by atoms with van der Waals surface area (Å²) in [6, 6.07) is 2.17. The first-order chi connectivity index (χ1) is 8.20. The van der Waals surface area contributed by atoms with Crippen LogP contribution in [0.15, 0.2) is 0 Å². The van der Waals surface area contributed by atoms with Crippen molar-refractivity contribution in [3.63, 3.8) is 0 Å². The maximum Gasteiger partial charge on any atom is 0.221 e. The molecule has 2 aliphatic heterocycles. The number of hydrogen-bond acceptors (Lipinski definition) is 3. The minimum atomic E-state index is 0.163. The van der Waals surface area contributed by atoms with Crippen LogP contribution in [0.3, 0.4) is 0 Å². The van der Waals surface area contributed by atoms with Gasteiger partial charge >= 0.3 is 0 Å². The molecule has 2 aliphatic rings. The van der Waals surface area contributed by atoms with Gasteiger partial charge in [-0.25, -0.2) is 0 Å². The summed E-state index contributed by atoms with van der Waals surface area (Å²) in [7, 11) is 2.26. The number of piperidine rings is 1. The van der Waals surface area contributed by atoms with Crippen molar-refractivity contribution in [2.45, 2.75) is 57.2 Å². The number of nitrogens with one attached hydrogen (secondary N) is 2. The van der Waals surface area contributed by atoms with Gasteiger partial charge in [0.15, 0.2) is 0 Å². The highest BCUT2D eigenvalue weighted by Crippen LogP contribution is 2.33. The SMILES string of the molecule is CCNC(=O)CCNC1CC2CCC(C1)N2C. The van der Waals surface area contributed by atoms with E-state index in [1.807, 2.05) is 6.92 Å². The summed E-state index contributed by atoms with van der Waals surface area (Å²) in [5.74, 6) is 0.163. The van der Waals surface area contributed by atoms with E-state index in [1.165, 1.54) is 25.7 Å². The van der Waals surface area contributed by atoms with Gasteiger partial charge in [0.05, 0.1) is 0 Å². The molecular weight excluding hydrogens is 214 g/mol. The number of nitrogens with zero attached hydrogens (tertiary/aromatic N) is 1. The van der Waals surface area contributed by atoms with Crippen LogP contribution in [0, 0.1) is 0 Å². The van der Waals surface area contributed by atoms with Crippen LogP contribution >= 0.6 is 0 Å². The van der Waals surface area contributed by atoms with Crippen LogP contribution in [0.2, 0.25) is 0 Å². The molecule has 0 saturated carbocycles. The topological polar surface area (TPSA) is 44.4 Å². The van der Waals surface area contributed by atoms with Gasteiger partial charge < -0.3 is 15.5 Å². The van der Waals surface area contributed by atoms with Crippen LogP contribution in [0.5, 0.6) is 0 Å². The summed E-state index contributed by atoms with van der Waals surface area (Å²) in [6.07, 6.45) is 5.83. The highest BCUT2D eigenvalue weighted by Gasteiger charge is 2.37. The minimum absolute atomic E-state index is 0.163. The maximum absolute atomic E-state index is 11.3. The molecule has 0 spiro atoms. The molecule has 2 rings (SSSR count). The Balaban J connectivity index is 1.66. The quantitative estimate of drug-likeness (QED) is 0.743. The molecule has 17 heavy (non-hydrogen) atoms. The second-order valence-electron chi connectivity index (χ2n) is 5.38. The van der Waals surface area contributed by atoms with E-state index in [0.29, 0.717) is 12.5 Å². The van der Waals surface area contributed by atoms with E-state index in [1.54, 1.807) is 0 Å². The Morgan fingerprint density at radius 2 is 1.94 bits per heavy atom. The predicted octanol–water partition coefficient (Wildman–Crippen LogP) is 0.727. The zero-order chi connectivity index (χ0) is 12.3. The van der Waals surface area contributed by atoms with E-state index < -0.39 is 0 Å². The molecule has 2 saturated heterocycles. The molecule has 4 heteroatoms. The number of fused-ring (bicyclic) bond motifs is 2. The lowest BCUT2D eigenvalue weighted by Gasteiger charge is -2.36. The Morgan fingerprint density at radius 3 is 2.53 bits per heavy atom. The fraction of sp³-hybridized carbons (Fsp3) is 0.923. The molecule has 0 aliphatic carbocycles. The second-order valence-corrected chi connectivity index (χ2v) is 5.38. The van der Waals surface area contributed by atoms with Gasteiger partial charge in [-0.05, 0) is 39.7 Å². The Labute approximate surface area is 104 Å². The van der Waals surface area contributed by atoms with E-state index >= 15 is 0 Å². The third-order valence-electron chi connectivity index (χ3n) is 4.26. The largest absolute Gasteiger partial charge is 0.356 e. The first-order valence-corrected chi connectivity index (χ1v) is 6.92. The van der Waals surface area contributed by atoms with Crippen molar-refractivity contribution in [3.05, 3.63) is 0 Å². The van der Waals surface area contributed by atoms with Gasteiger partial charge in [0, 0.05) is 37.6 Å². The van der Waals surface area contributed by atoms with Gasteiger partial charge in [0.2, 0.25) is 5.91 Å². The molecular formula is C13H25N3O. The van der Waals surface area contributed by atoms with Crippen LogP contribution in [-0.4, -0.2) is 49.1 Å². The van der Waals surface area contributed by atoms with E-state index in [-0.39, 0.29) is 5.91 Å². The molecule has 4 nitrogen and oxygen atoms in total. The number of amides is 1. The molecule has 0 aromatic rings. The van der Waals surface area contributed by atoms with Crippen LogP contribution in [0.25, 0.3) is 0 Å². The standard InChI is InChI=1S/C13H25N3O/c1-3-14-13(17)6-7-15-10-8-11-4-5-12(9-10)16(11)2/h10-12,15H,3-9H2,1-2H3,(H,14,17). The van der Waals surface area contributed by atoms with Crippen molar-refractivity contribution in [2.75, 3.05) is 20.1 Å². The number of rotatable bonds is 5. The molecule has 2 N–H and O–H groups in total. The van der Waals surface area contributed by atoms with E-state index in [2.05, 4.69) is 22.6 Å². The molecule has 2 unspecified atom stereocenters. The van der Waals surface area contributed by atoms with Gasteiger partial charge in [-0.2, -0.15) is 0 Å². The van der Waals surface area contributed by atoms with E-state index in [4.69, 9.17) is 0 Å². The number of carbonyl (C=O) groups is 1. The van der Waals surface area contributed by atoms with Crippen molar-refractivity contribution >= 4 is 5.91 Å². The average molecular weight is 239 g/mol. The van der Waals surface area contributed by atoms with Crippen LogP contribution in [0.4, 0.5) is 0 Å². The predicted molar refractivity (Wildman–Crippen MR) is 68.9 cm³/mol. The lowest BCUT2D eigenvalue weighted by Crippen LogP contribution is -2.47. The van der Waals surface area contributed by atoms with Crippen molar-refractivity contribution in [2.24, 2.45) is 0 Å². The van der Waals surface area contributed by atoms with E-state index in [9.17, 15) is 4.79 Å². The van der Waals surface area contributed by atoms with Crippen molar-refractivity contribution in [1.82, 2.24) is 15.5 Å². The summed E-state index contributed by atoms with van der Waals surface area (Å²) in [5.41, 5.74) is 0. The Bertz CT molecular complexity index is 255. The van der Waals surface area contributed by atoms with Gasteiger partial charge in [-0.1, -0.05) is 0 Å². The van der Waals surface area contributed by atoms with Crippen molar-refractivity contribution in [3.8, 4) is 0 Å². The second kappa shape index (κ2) is 5.83. The molecule has 2 bridgehead atoms. The fourth-order valence-electron chi connectivity index (χ4n) is 3.25. The first-order valence-electron chi connectivity index (χ1n) is 6.92.